The van der Waals surface area contributed by atoms with Gasteiger partial charge in [0.1, 0.15) is 6.04 Å². The smallest absolute Gasteiger partial charge is 0.328 e. The van der Waals surface area contributed by atoms with E-state index in [1.807, 2.05) is 0 Å². The largest absolute Gasteiger partial charge is 0.480 e. The van der Waals surface area contributed by atoms with Crippen LogP contribution in [0.4, 0.5) is 0 Å². The van der Waals surface area contributed by atoms with Gasteiger partial charge in [-0.3, -0.25) is 4.79 Å². The van der Waals surface area contributed by atoms with Crippen molar-refractivity contribution < 1.29 is 24.5 Å². The van der Waals surface area contributed by atoms with E-state index >= 15 is 0 Å². The molecular weight excluding hydrogens is 216 g/mol. The number of carbonyl (C=O) groups excluding carboxylic acids is 1. The van der Waals surface area contributed by atoms with Gasteiger partial charge in [0, 0.05) is 13.2 Å². The molecule has 5 N–H and O–H groups in total. The van der Waals surface area contributed by atoms with Gasteiger partial charge in [-0.25, -0.2) is 4.79 Å². The maximum absolute atomic E-state index is 11.7. The number of carboxylic acid groups (broad SMARTS) is 1. The van der Waals surface area contributed by atoms with Crippen LogP contribution in [0.15, 0.2) is 0 Å². The van der Waals surface area contributed by atoms with E-state index in [0.29, 0.717) is 26.1 Å². The molecule has 0 unspecified atom stereocenters. The number of rotatable bonds is 4. The Hall–Kier alpha value is -1.18. The Morgan fingerprint density at radius 2 is 2.00 bits per heavy atom. The summed E-state index contributed by atoms with van der Waals surface area (Å²) in [5.41, 5.74) is 4.74. The van der Waals surface area contributed by atoms with Crippen LogP contribution in [-0.2, 0) is 14.3 Å². The summed E-state index contributed by atoms with van der Waals surface area (Å²) in [6.07, 6.45) is 0.688. The normalized spacial score (nSPS) is 21.1. The van der Waals surface area contributed by atoms with Crippen LogP contribution < -0.4 is 11.1 Å². The Morgan fingerprint density at radius 1 is 1.44 bits per heavy atom. The number of hydrogen-bond acceptors (Lipinski definition) is 5. The molecule has 1 saturated heterocycles. The van der Waals surface area contributed by atoms with Crippen molar-refractivity contribution in [2.75, 3.05) is 19.8 Å². The SMILES string of the molecule is NC1(C(=O)N[C@@H](CO)C(=O)O)CCOCC1. The van der Waals surface area contributed by atoms with Crippen LogP contribution in [0.5, 0.6) is 0 Å². The molecule has 0 spiro atoms. The molecule has 1 aliphatic rings. The Morgan fingerprint density at radius 3 is 2.44 bits per heavy atom. The zero-order chi connectivity index (χ0) is 12.2. The molecule has 1 fully saturated rings. The first-order valence-electron chi connectivity index (χ1n) is 5.01. The van der Waals surface area contributed by atoms with Crippen LogP contribution in [0.25, 0.3) is 0 Å². The lowest BCUT2D eigenvalue weighted by atomic mass is 9.90. The fourth-order valence-electron chi connectivity index (χ4n) is 1.45. The lowest BCUT2D eigenvalue weighted by Crippen LogP contribution is -2.60. The van der Waals surface area contributed by atoms with Crippen molar-refractivity contribution in [1.82, 2.24) is 5.32 Å². The first kappa shape index (κ1) is 12.9. The summed E-state index contributed by atoms with van der Waals surface area (Å²) >= 11 is 0. The fraction of sp³-hybridized carbons (Fsp3) is 0.778. The number of nitrogens with two attached hydrogens (primary N) is 1. The Balaban J connectivity index is 2.59. The van der Waals surface area contributed by atoms with Crippen molar-refractivity contribution in [2.45, 2.75) is 24.4 Å². The van der Waals surface area contributed by atoms with Crippen LogP contribution >= 0.6 is 0 Å². The summed E-state index contributed by atoms with van der Waals surface area (Å²) in [5, 5.41) is 19.6. The van der Waals surface area contributed by atoms with E-state index in [4.69, 9.17) is 20.7 Å². The molecule has 0 aromatic rings. The molecule has 7 nitrogen and oxygen atoms in total. The average Bonchev–Trinajstić information content (AvgIpc) is 2.26. The lowest BCUT2D eigenvalue weighted by molar-refractivity contribution is -0.144. The Labute approximate surface area is 92.6 Å². The second-order valence-corrected chi connectivity index (χ2v) is 3.82. The van der Waals surface area contributed by atoms with Gasteiger partial charge in [-0.2, -0.15) is 0 Å². The van der Waals surface area contributed by atoms with Gasteiger partial charge in [-0.1, -0.05) is 0 Å². The average molecular weight is 232 g/mol. The van der Waals surface area contributed by atoms with Crippen molar-refractivity contribution in [3.8, 4) is 0 Å². The van der Waals surface area contributed by atoms with Gasteiger partial charge in [0.05, 0.1) is 12.1 Å². The topological polar surface area (TPSA) is 122 Å². The van der Waals surface area contributed by atoms with E-state index in [2.05, 4.69) is 5.32 Å². The van der Waals surface area contributed by atoms with Gasteiger partial charge in [-0.05, 0) is 12.8 Å². The van der Waals surface area contributed by atoms with Gasteiger partial charge >= 0.3 is 5.97 Å². The van der Waals surface area contributed by atoms with Crippen LogP contribution in [0.1, 0.15) is 12.8 Å². The molecule has 1 rings (SSSR count). The maximum atomic E-state index is 11.7. The number of ether oxygens (including phenoxy) is 1. The molecule has 16 heavy (non-hydrogen) atoms. The highest BCUT2D eigenvalue weighted by atomic mass is 16.5. The molecule has 7 heteroatoms. The number of carboxylic acids is 1. The number of nitrogens with one attached hydrogen (secondary N) is 1. The molecule has 1 amide bonds. The van der Waals surface area contributed by atoms with Crippen molar-refractivity contribution >= 4 is 11.9 Å². The van der Waals surface area contributed by atoms with Gasteiger partial charge in [0.15, 0.2) is 0 Å². The molecule has 0 radical (unpaired) electrons. The lowest BCUT2D eigenvalue weighted by Gasteiger charge is -2.32. The second-order valence-electron chi connectivity index (χ2n) is 3.82. The van der Waals surface area contributed by atoms with Gasteiger partial charge < -0.3 is 26.0 Å². The van der Waals surface area contributed by atoms with E-state index in [1.165, 1.54) is 0 Å². The highest BCUT2D eigenvalue weighted by molar-refractivity contribution is 5.90. The van der Waals surface area contributed by atoms with E-state index in [1.54, 1.807) is 0 Å². The number of aliphatic hydroxyl groups excluding tert-OH is 1. The van der Waals surface area contributed by atoms with E-state index < -0.39 is 30.1 Å². The predicted molar refractivity (Wildman–Crippen MR) is 53.6 cm³/mol. The highest BCUT2D eigenvalue weighted by Gasteiger charge is 2.37. The molecule has 0 saturated carbocycles. The minimum Gasteiger partial charge on any atom is -0.480 e. The molecule has 0 aliphatic carbocycles. The number of carbonyl (C=O) groups is 2. The summed E-state index contributed by atoms with van der Waals surface area (Å²) in [4.78, 5) is 22.3. The number of hydrogen-bond donors (Lipinski definition) is 4. The van der Waals surface area contributed by atoms with Crippen LogP contribution in [0.2, 0.25) is 0 Å². The minimum atomic E-state index is -1.31. The number of amides is 1. The van der Waals surface area contributed by atoms with Crippen LogP contribution in [0.3, 0.4) is 0 Å². The summed E-state index contributed by atoms with van der Waals surface area (Å²) in [6, 6.07) is -1.31. The van der Waals surface area contributed by atoms with E-state index in [9.17, 15) is 9.59 Å². The number of aliphatic hydroxyl groups is 1. The zero-order valence-electron chi connectivity index (χ0n) is 8.81. The monoisotopic (exact) mass is 232 g/mol. The van der Waals surface area contributed by atoms with Crippen LogP contribution in [-0.4, -0.2) is 53.5 Å². The second kappa shape index (κ2) is 5.24. The summed E-state index contributed by atoms with van der Waals surface area (Å²) < 4.78 is 5.07. The zero-order valence-corrected chi connectivity index (χ0v) is 8.81. The Kier molecular flexibility index (Phi) is 4.22. The third kappa shape index (κ3) is 2.91. The van der Waals surface area contributed by atoms with Gasteiger partial charge in [-0.15, -0.1) is 0 Å². The molecule has 0 bridgehead atoms. The van der Waals surface area contributed by atoms with E-state index in [-0.39, 0.29) is 0 Å². The molecule has 0 aromatic heterocycles. The predicted octanol–water partition coefficient (Wildman–Crippen LogP) is -1.94. The molecule has 1 aliphatic heterocycles. The highest BCUT2D eigenvalue weighted by Crippen LogP contribution is 2.17. The fourth-order valence-corrected chi connectivity index (χ4v) is 1.45. The van der Waals surface area contributed by atoms with Crippen molar-refractivity contribution in [3.63, 3.8) is 0 Å². The number of aliphatic carboxylic acids is 1. The van der Waals surface area contributed by atoms with Crippen LogP contribution in [0, 0.1) is 0 Å². The molecule has 1 heterocycles. The van der Waals surface area contributed by atoms with Gasteiger partial charge in [0.2, 0.25) is 5.91 Å². The third-order valence-corrected chi connectivity index (χ3v) is 2.62. The first-order chi connectivity index (χ1) is 7.49. The molecule has 1 atom stereocenters. The first-order valence-corrected chi connectivity index (χ1v) is 5.01. The molecular formula is C9H16N2O5. The summed E-state index contributed by atoms with van der Waals surface area (Å²) in [6.45, 7) is 0.0925. The van der Waals surface area contributed by atoms with Gasteiger partial charge in [0.25, 0.3) is 0 Å². The van der Waals surface area contributed by atoms with Crippen molar-refractivity contribution in [1.29, 1.82) is 0 Å². The quantitative estimate of drug-likeness (QED) is 0.447. The molecule has 0 aromatic carbocycles. The summed E-state index contributed by atoms with van der Waals surface area (Å²) in [7, 11) is 0. The minimum absolute atomic E-state index is 0.344. The third-order valence-electron chi connectivity index (χ3n) is 2.62. The molecule has 92 valence electrons. The maximum Gasteiger partial charge on any atom is 0.328 e. The van der Waals surface area contributed by atoms with Crippen molar-refractivity contribution in [3.05, 3.63) is 0 Å². The standard InChI is InChI=1S/C9H16N2O5/c10-9(1-3-16-4-2-9)8(15)11-6(5-12)7(13)14/h6,12H,1-5,10H2,(H,11,15)(H,13,14)/t6-/m0/s1. The van der Waals surface area contributed by atoms with E-state index in [0.717, 1.165) is 0 Å². The van der Waals surface area contributed by atoms with Crippen molar-refractivity contribution in [2.24, 2.45) is 5.73 Å². The summed E-state index contributed by atoms with van der Waals surface area (Å²) in [5.74, 6) is -1.84. The Bertz CT molecular complexity index is 275.